The molecule has 0 radical (unpaired) electrons. The standard InChI is InChI=1S/C37H50N2O8Si/c1-36(2,3)46-35(42)39-19-11-12-29(45-34(41)30-21-26-20-28(43-7)18-15-25(26)22-31(30)44-8)23-32(39)38-33(40)24-13-16-27(17-14-24)47-48(9,10)37(4,5)6/h13-18,20-22,29,32H,11-12,19,23H2,1-10H3,(H,38,40). The van der Waals surface area contributed by atoms with Crippen molar-refractivity contribution in [1.29, 1.82) is 0 Å². The number of likely N-dealkylation sites (tertiary alicyclic amines) is 1. The number of rotatable bonds is 8. The quantitative estimate of drug-likeness (QED) is 0.189. The van der Waals surface area contributed by atoms with Gasteiger partial charge in [0.25, 0.3) is 5.91 Å². The number of esters is 1. The highest BCUT2D eigenvalue weighted by Crippen LogP contribution is 2.37. The SMILES string of the molecule is COc1ccc2cc(OC)c(C(=O)OC3CCCN(C(=O)OC(C)(C)C)C(NC(=O)c4ccc(O[Si](C)(C)C(C)(C)C)cc4)C3)cc2c1. The summed E-state index contributed by atoms with van der Waals surface area (Å²) >= 11 is 0. The molecule has 0 aromatic heterocycles. The second kappa shape index (κ2) is 14.5. The molecule has 11 heteroatoms. The molecule has 1 heterocycles. The molecule has 2 amide bonds. The van der Waals surface area contributed by atoms with Gasteiger partial charge in [0.2, 0.25) is 8.32 Å². The number of carbonyl (C=O) groups is 3. The van der Waals surface area contributed by atoms with E-state index in [4.69, 9.17) is 23.4 Å². The molecule has 2 atom stereocenters. The third-order valence-corrected chi connectivity index (χ3v) is 13.2. The van der Waals surface area contributed by atoms with Crippen LogP contribution in [0, 0.1) is 0 Å². The zero-order valence-electron chi connectivity index (χ0n) is 29.9. The third kappa shape index (κ3) is 9.00. The predicted molar refractivity (Wildman–Crippen MR) is 189 cm³/mol. The first-order valence-electron chi connectivity index (χ1n) is 16.4. The van der Waals surface area contributed by atoms with Crippen LogP contribution in [0.25, 0.3) is 10.8 Å². The van der Waals surface area contributed by atoms with Crippen LogP contribution in [-0.2, 0) is 9.47 Å². The maximum atomic E-state index is 13.6. The highest BCUT2D eigenvalue weighted by atomic mass is 28.4. The van der Waals surface area contributed by atoms with Crippen LogP contribution >= 0.6 is 0 Å². The number of amides is 2. The average Bonchev–Trinajstić information content (AvgIpc) is 3.20. The largest absolute Gasteiger partial charge is 0.544 e. The number of fused-ring (bicyclic) bond motifs is 1. The van der Waals surface area contributed by atoms with E-state index in [0.717, 1.165) is 10.8 Å². The molecule has 4 rings (SSSR count). The van der Waals surface area contributed by atoms with Crippen LogP contribution in [0.1, 0.15) is 81.5 Å². The van der Waals surface area contributed by atoms with E-state index in [2.05, 4.69) is 39.2 Å². The van der Waals surface area contributed by atoms with Crippen molar-refractivity contribution in [3.63, 3.8) is 0 Å². The van der Waals surface area contributed by atoms with Crippen molar-refractivity contribution < 1.29 is 37.8 Å². The first-order chi connectivity index (χ1) is 22.4. The number of hydrogen-bond donors (Lipinski definition) is 1. The summed E-state index contributed by atoms with van der Waals surface area (Å²) in [5.41, 5.74) is -0.0537. The van der Waals surface area contributed by atoms with Gasteiger partial charge in [-0.05, 0) is 111 Å². The number of carbonyl (C=O) groups excluding carboxylic acids is 3. The number of hydrogen-bond acceptors (Lipinski definition) is 8. The third-order valence-electron chi connectivity index (χ3n) is 8.87. The first kappa shape index (κ1) is 36.6. The van der Waals surface area contributed by atoms with Crippen LogP contribution in [0.2, 0.25) is 18.1 Å². The lowest BCUT2D eigenvalue weighted by Crippen LogP contribution is -2.52. The van der Waals surface area contributed by atoms with Gasteiger partial charge >= 0.3 is 12.1 Å². The molecule has 1 aliphatic heterocycles. The second-order valence-electron chi connectivity index (χ2n) is 14.7. The highest BCUT2D eigenvalue weighted by molar-refractivity contribution is 6.74. The molecule has 3 aromatic rings. The van der Waals surface area contributed by atoms with Gasteiger partial charge < -0.3 is 28.7 Å². The Morgan fingerprint density at radius 2 is 1.52 bits per heavy atom. The molecule has 2 unspecified atom stereocenters. The zero-order chi connectivity index (χ0) is 35.4. The summed E-state index contributed by atoms with van der Waals surface area (Å²) in [6.45, 7) is 16.5. The molecule has 48 heavy (non-hydrogen) atoms. The Balaban J connectivity index is 1.56. The topological polar surface area (TPSA) is 113 Å². The molecule has 3 aromatic carbocycles. The minimum Gasteiger partial charge on any atom is -0.544 e. The molecule has 0 spiro atoms. The van der Waals surface area contributed by atoms with Crippen molar-refractivity contribution in [2.75, 3.05) is 20.8 Å². The molecule has 0 saturated carbocycles. The fourth-order valence-electron chi connectivity index (χ4n) is 5.20. The van der Waals surface area contributed by atoms with Gasteiger partial charge in [-0.2, -0.15) is 0 Å². The molecule has 0 aliphatic carbocycles. The van der Waals surface area contributed by atoms with E-state index in [1.54, 1.807) is 64.3 Å². The van der Waals surface area contributed by atoms with Crippen molar-refractivity contribution in [2.45, 2.75) is 96.8 Å². The lowest BCUT2D eigenvalue weighted by atomic mass is 10.0. The summed E-state index contributed by atoms with van der Waals surface area (Å²) in [5, 5.41) is 4.72. The molecule has 1 N–H and O–H groups in total. The number of ether oxygens (including phenoxy) is 4. The van der Waals surface area contributed by atoms with E-state index < -0.39 is 38.3 Å². The van der Waals surface area contributed by atoms with E-state index in [9.17, 15) is 14.4 Å². The van der Waals surface area contributed by atoms with Gasteiger partial charge in [0.05, 0.1) is 14.2 Å². The van der Waals surface area contributed by atoms with Crippen molar-refractivity contribution >= 4 is 37.1 Å². The van der Waals surface area contributed by atoms with Gasteiger partial charge in [-0.15, -0.1) is 0 Å². The Morgan fingerprint density at radius 3 is 2.12 bits per heavy atom. The van der Waals surface area contributed by atoms with Crippen molar-refractivity contribution in [1.82, 2.24) is 10.2 Å². The summed E-state index contributed by atoms with van der Waals surface area (Å²) in [4.78, 5) is 42.1. The van der Waals surface area contributed by atoms with E-state index in [1.165, 1.54) is 12.0 Å². The molecular weight excluding hydrogens is 628 g/mol. The van der Waals surface area contributed by atoms with Crippen LogP contribution < -0.4 is 19.2 Å². The highest BCUT2D eigenvalue weighted by Gasteiger charge is 2.39. The van der Waals surface area contributed by atoms with Crippen LogP contribution in [0.3, 0.4) is 0 Å². The van der Waals surface area contributed by atoms with E-state index in [0.29, 0.717) is 42.2 Å². The maximum absolute atomic E-state index is 13.6. The lowest BCUT2D eigenvalue weighted by molar-refractivity contribution is 0.00661. The van der Waals surface area contributed by atoms with Crippen LogP contribution in [0.15, 0.2) is 54.6 Å². The van der Waals surface area contributed by atoms with Gasteiger partial charge in [-0.1, -0.05) is 26.8 Å². The monoisotopic (exact) mass is 678 g/mol. The van der Waals surface area contributed by atoms with Crippen LogP contribution in [-0.4, -0.2) is 69.8 Å². The molecule has 0 bridgehead atoms. The molecule has 260 valence electrons. The Labute approximate surface area is 285 Å². The Hall–Kier alpha value is -4.25. The summed E-state index contributed by atoms with van der Waals surface area (Å²) in [7, 11) is 1.03. The summed E-state index contributed by atoms with van der Waals surface area (Å²) < 4.78 is 29.0. The minimum atomic E-state index is -2.06. The first-order valence-corrected chi connectivity index (χ1v) is 19.3. The average molecular weight is 679 g/mol. The molecule has 1 aliphatic rings. The molecular formula is C37H50N2O8Si. The van der Waals surface area contributed by atoms with E-state index in [1.807, 2.05) is 18.2 Å². The minimum absolute atomic E-state index is 0.0284. The fourth-order valence-corrected chi connectivity index (χ4v) is 6.24. The van der Waals surface area contributed by atoms with Gasteiger partial charge in [-0.3, -0.25) is 9.69 Å². The van der Waals surface area contributed by atoms with E-state index >= 15 is 0 Å². The van der Waals surface area contributed by atoms with Crippen molar-refractivity contribution in [3.8, 4) is 17.2 Å². The lowest BCUT2D eigenvalue weighted by Gasteiger charge is -2.36. The Kier molecular flexibility index (Phi) is 11.0. The normalized spacial score (nSPS) is 17.2. The van der Waals surface area contributed by atoms with Crippen LogP contribution in [0.5, 0.6) is 17.2 Å². The van der Waals surface area contributed by atoms with Gasteiger partial charge in [0.15, 0.2) is 0 Å². The van der Waals surface area contributed by atoms with Gasteiger partial charge in [0.1, 0.15) is 40.7 Å². The number of methoxy groups -OCH3 is 2. The number of benzene rings is 3. The van der Waals surface area contributed by atoms with Crippen LogP contribution in [0.4, 0.5) is 4.79 Å². The Morgan fingerprint density at radius 1 is 0.854 bits per heavy atom. The second-order valence-corrected chi connectivity index (χ2v) is 19.4. The molecule has 10 nitrogen and oxygen atoms in total. The van der Waals surface area contributed by atoms with Gasteiger partial charge in [-0.25, -0.2) is 9.59 Å². The predicted octanol–water partition coefficient (Wildman–Crippen LogP) is 7.94. The van der Waals surface area contributed by atoms with Crippen molar-refractivity contribution in [2.24, 2.45) is 0 Å². The zero-order valence-corrected chi connectivity index (χ0v) is 30.9. The molecule has 1 saturated heterocycles. The summed E-state index contributed by atoms with van der Waals surface area (Å²) in [5.74, 6) is 0.818. The fraction of sp³-hybridized carbons (Fsp3) is 0.486. The van der Waals surface area contributed by atoms with Crippen molar-refractivity contribution in [3.05, 3.63) is 65.7 Å². The van der Waals surface area contributed by atoms with Gasteiger partial charge in [0, 0.05) is 18.5 Å². The Bertz CT molecular complexity index is 1630. The number of nitrogens with one attached hydrogen (secondary N) is 1. The summed E-state index contributed by atoms with van der Waals surface area (Å²) in [6.07, 6.45) is -0.745. The smallest absolute Gasteiger partial charge is 0.411 e. The molecule has 1 fully saturated rings. The number of nitrogens with zero attached hydrogens (tertiary/aromatic N) is 1. The maximum Gasteiger partial charge on any atom is 0.411 e. The summed E-state index contributed by atoms with van der Waals surface area (Å²) in [6, 6.07) is 16.1. The van der Waals surface area contributed by atoms with E-state index in [-0.39, 0.29) is 22.9 Å².